The second-order valence-corrected chi connectivity index (χ2v) is 5.52. The zero-order valence-electron chi connectivity index (χ0n) is 12.2. The highest BCUT2D eigenvalue weighted by atomic mass is 16.5. The van der Waals surface area contributed by atoms with Crippen molar-refractivity contribution in [2.45, 2.75) is 51.2 Å². The molecule has 19 heavy (non-hydrogen) atoms. The van der Waals surface area contributed by atoms with Gasteiger partial charge in [-0.05, 0) is 31.6 Å². The molecule has 0 heterocycles. The SMILES string of the molecule is COCC(C)CC(=O)NCCOC1CCC(N)CC1. The van der Waals surface area contributed by atoms with Crippen LogP contribution in [0.4, 0.5) is 0 Å². The molecule has 1 fully saturated rings. The Bertz CT molecular complexity index is 253. The normalized spacial score (nSPS) is 25.0. The summed E-state index contributed by atoms with van der Waals surface area (Å²) in [4.78, 5) is 11.6. The number of carbonyl (C=O) groups is 1. The average molecular weight is 272 g/mol. The molecule has 1 amide bonds. The first kappa shape index (κ1) is 16.4. The number of ether oxygens (including phenoxy) is 2. The lowest BCUT2D eigenvalue weighted by atomic mass is 9.94. The maximum Gasteiger partial charge on any atom is 0.220 e. The summed E-state index contributed by atoms with van der Waals surface area (Å²) in [6.45, 7) is 3.79. The highest BCUT2D eigenvalue weighted by molar-refractivity contribution is 5.76. The fraction of sp³-hybridized carbons (Fsp3) is 0.929. The van der Waals surface area contributed by atoms with Crippen LogP contribution in [0.25, 0.3) is 0 Å². The van der Waals surface area contributed by atoms with Gasteiger partial charge in [0.05, 0.1) is 12.7 Å². The Morgan fingerprint density at radius 1 is 1.37 bits per heavy atom. The summed E-state index contributed by atoms with van der Waals surface area (Å²) in [6, 6.07) is 0.349. The first-order valence-electron chi connectivity index (χ1n) is 7.24. The Balaban J connectivity index is 1.99. The van der Waals surface area contributed by atoms with Crippen LogP contribution < -0.4 is 11.1 Å². The third kappa shape index (κ3) is 7.50. The fourth-order valence-corrected chi connectivity index (χ4v) is 2.40. The van der Waals surface area contributed by atoms with Gasteiger partial charge in [-0.2, -0.15) is 0 Å². The van der Waals surface area contributed by atoms with E-state index in [9.17, 15) is 4.79 Å². The first-order chi connectivity index (χ1) is 9.11. The Hall–Kier alpha value is -0.650. The smallest absolute Gasteiger partial charge is 0.220 e. The molecule has 0 spiro atoms. The average Bonchev–Trinajstić information content (AvgIpc) is 2.37. The number of hydrogen-bond acceptors (Lipinski definition) is 4. The van der Waals surface area contributed by atoms with Crippen molar-refractivity contribution in [1.82, 2.24) is 5.32 Å². The van der Waals surface area contributed by atoms with Crippen LogP contribution in [-0.2, 0) is 14.3 Å². The van der Waals surface area contributed by atoms with Crippen molar-refractivity contribution in [2.75, 3.05) is 26.9 Å². The topological polar surface area (TPSA) is 73.6 Å². The van der Waals surface area contributed by atoms with Crippen LogP contribution in [0.5, 0.6) is 0 Å². The van der Waals surface area contributed by atoms with E-state index in [0.29, 0.717) is 38.3 Å². The van der Waals surface area contributed by atoms with Gasteiger partial charge in [0, 0.05) is 32.7 Å². The number of hydrogen-bond donors (Lipinski definition) is 2. The monoisotopic (exact) mass is 272 g/mol. The molecule has 1 rings (SSSR count). The molecule has 1 aliphatic carbocycles. The van der Waals surface area contributed by atoms with Crippen LogP contribution >= 0.6 is 0 Å². The van der Waals surface area contributed by atoms with Gasteiger partial charge in [-0.15, -0.1) is 0 Å². The van der Waals surface area contributed by atoms with E-state index >= 15 is 0 Å². The highest BCUT2D eigenvalue weighted by Gasteiger charge is 2.18. The van der Waals surface area contributed by atoms with Gasteiger partial charge in [0.25, 0.3) is 0 Å². The van der Waals surface area contributed by atoms with Gasteiger partial charge in [-0.1, -0.05) is 6.92 Å². The summed E-state index contributed by atoms with van der Waals surface area (Å²) in [5, 5.41) is 2.88. The maximum atomic E-state index is 11.6. The standard InChI is InChI=1S/C14H28N2O3/c1-11(10-18-2)9-14(17)16-7-8-19-13-5-3-12(15)4-6-13/h11-13H,3-10,15H2,1-2H3,(H,16,17). The molecule has 1 atom stereocenters. The van der Waals surface area contributed by atoms with Crippen molar-refractivity contribution in [1.29, 1.82) is 0 Å². The van der Waals surface area contributed by atoms with E-state index in [0.717, 1.165) is 25.7 Å². The summed E-state index contributed by atoms with van der Waals surface area (Å²) in [7, 11) is 1.65. The van der Waals surface area contributed by atoms with E-state index in [2.05, 4.69) is 5.32 Å². The Kier molecular flexibility index (Phi) is 8.02. The van der Waals surface area contributed by atoms with Crippen LogP contribution in [0.2, 0.25) is 0 Å². The van der Waals surface area contributed by atoms with Crippen LogP contribution in [0.3, 0.4) is 0 Å². The zero-order chi connectivity index (χ0) is 14.1. The van der Waals surface area contributed by atoms with Crippen LogP contribution in [0.1, 0.15) is 39.0 Å². The molecular formula is C14H28N2O3. The van der Waals surface area contributed by atoms with E-state index in [1.807, 2.05) is 6.92 Å². The van der Waals surface area contributed by atoms with Crippen molar-refractivity contribution in [3.8, 4) is 0 Å². The quantitative estimate of drug-likeness (QED) is 0.648. The molecule has 0 aromatic carbocycles. The van der Waals surface area contributed by atoms with Crippen LogP contribution in [-0.4, -0.2) is 44.9 Å². The number of methoxy groups -OCH3 is 1. The van der Waals surface area contributed by atoms with Crippen molar-refractivity contribution in [3.05, 3.63) is 0 Å². The number of nitrogens with one attached hydrogen (secondary N) is 1. The van der Waals surface area contributed by atoms with Gasteiger partial charge in [-0.3, -0.25) is 4.79 Å². The van der Waals surface area contributed by atoms with Gasteiger partial charge in [0.2, 0.25) is 5.91 Å². The van der Waals surface area contributed by atoms with Crippen molar-refractivity contribution >= 4 is 5.91 Å². The molecule has 1 saturated carbocycles. The summed E-state index contributed by atoms with van der Waals surface area (Å²) in [5.41, 5.74) is 5.84. The summed E-state index contributed by atoms with van der Waals surface area (Å²) in [5.74, 6) is 0.324. The second-order valence-electron chi connectivity index (χ2n) is 5.52. The highest BCUT2D eigenvalue weighted by Crippen LogP contribution is 2.19. The van der Waals surface area contributed by atoms with E-state index in [1.165, 1.54) is 0 Å². The van der Waals surface area contributed by atoms with Crippen LogP contribution in [0, 0.1) is 5.92 Å². The zero-order valence-corrected chi connectivity index (χ0v) is 12.2. The lowest BCUT2D eigenvalue weighted by molar-refractivity contribution is -0.122. The van der Waals surface area contributed by atoms with E-state index in [4.69, 9.17) is 15.2 Å². The van der Waals surface area contributed by atoms with E-state index in [1.54, 1.807) is 7.11 Å². The molecule has 0 aliphatic heterocycles. The van der Waals surface area contributed by atoms with E-state index < -0.39 is 0 Å². The predicted molar refractivity (Wildman–Crippen MR) is 74.9 cm³/mol. The van der Waals surface area contributed by atoms with Crippen molar-refractivity contribution in [2.24, 2.45) is 11.7 Å². The molecule has 5 heteroatoms. The molecule has 5 nitrogen and oxygen atoms in total. The summed E-state index contributed by atoms with van der Waals surface area (Å²) in [6.07, 6.45) is 5.01. The Morgan fingerprint density at radius 2 is 2.05 bits per heavy atom. The number of nitrogens with two attached hydrogens (primary N) is 1. The van der Waals surface area contributed by atoms with Gasteiger partial charge in [0.1, 0.15) is 0 Å². The number of amides is 1. The third-order valence-corrected chi connectivity index (χ3v) is 3.48. The maximum absolute atomic E-state index is 11.6. The summed E-state index contributed by atoms with van der Waals surface area (Å²) < 4.78 is 10.7. The first-order valence-corrected chi connectivity index (χ1v) is 7.24. The van der Waals surface area contributed by atoms with Crippen molar-refractivity contribution in [3.63, 3.8) is 0 Å². The second kappa shape index (κ2) is 9.28. The molecule has 112 valence electrons. The molecule has 0 aromatic heterocycles. The van der Waals surface area contributed by atoms with Gasteiger partial charge < -0.3 is 20.5 Å². The lowest BCUT2D eigenvalue weighted by Crippen LogP contribution is -2.33. The number of carbonyl (C=O) groups excluding carboxylic acids is 1. The predicted octanol–water partition coefficient (Wildman–Crippen LogP) is 1.06. The molecule has 0 saturated heterocycles. The minimum Gasteiger partial charge on any atom is -0.384 e. The van der Waals surface area contributed by atoms with Crippen molar-refractivity contribution < 1.29 is 14.3 Å². The Morgan fingerprint density at radius 3 is 2.68 bits per heavy atom. The molecule has 0 bridgehead atoms. The number of rotatable bonds is 8. The molecular weight excluding hydrogens is 244 g/mol. The Labute approximate surface area is 116 Å². The lowest BCUT2D eigenvalue weighted by Gasteiger charge is -2.26. The summed E-state index contributed by atoms with van der Waals surface area (Å²) >= 11 is 0. The van der Waals surface area contributed by atoms with Gasteiger partial charge in [-0.25, -0.2) is 0 Å². The minimum absolute atomic E-state index is 0.0683. The molecule has 1 aliphatic rings. The largest absolute Gasteiger partial charge is 0.384 e. The van der Waals surface area contributed by atoms with Gasteiger partial charge in [0.15, 0.2) is 0 Å². The molecule has 3 N–H and O–H groups in total. The third-order valence-electron chi connectivity index (χ3n) is 3.48. The fourth-order valence-electron chi connectivity index (χ4n) is 2.40. The van der Waals surface area contributed by atoms with E-state index in [-0.39, 0.29) is 11.8 Å². The minimum atomic E-state index is 0.0683. The molecule has 1 unspecified atom stereocenters. The molecule has 0 radical (unpaired) electrons. The van der Waals surface area contributed by atoms with Crippen LogP contribution in [0.15, 0.2) is 0 Å². The molecule has 0 aromatic rings. The van der Waals surface area contributed by atoms with Gasteiger partial charge >= 0.3 is 0 Å².